The molecule has 0 spiro atoms. The predicted molar refractivity (Wildman–Crippen MR) is 71.9 cm³/mol. The van der Waals surface area contributed by atoms with E-state index in [1.165, 1.54) is 10.5 Å². The molecule has 2 heterocycles. The van der Waals surface area contributed by atoms with Crippen LogP contribution in [0.4, 0.5) is 11.4 Å². The summed E-state index contributed by atoms with van der Waals surface area (Å²) in [4.78, 5) is 26.1. The molecule has 0 aromatic heterocycles. The largest absolute Gasteiger partial charge is 0.384 e. The highest BCUT2D eigenvalue weighted by Gasteiger charge is 2.72. The summed E-state index contributed by atoms with van der Waals surface area (Å²) in [5.41, 5.74) is 2.91. The number of fused-ring (bicyclic) bond motifs is 2. The van der Waals surface area contributed by atoms with E-state index in [1.54, 1.807) is 0 Å². The fourth-order valence-electron chi connectivity index (χ4n) is 3.63. The van der Waals surface area contributed by atoms with E-state index in [0.29, 0.717) is 0 Å². The molecule has 19 heavy (non-hydrogen) atoms. The van der Waals surface area contributed by atoms with Gasteiger partial charge in [-0.15, -0.1) is 0 Å². The van der Waals surface area contributed by atoms with Crippen LogP contribution in [0.3, 0.4) is 0 Å². The van der Waals surface area contributed by atoms with E-state index in [-0.39, 0.29) is 29.1 Å². The lowest BCUT2D eigenvalue weighted by molar-refractivity contribution is -0.125. The van der Waals surface area contributed by atoms with Crippen molar-refractivity contribution in [1.82, 2.24) is 0 Å². The number of carbonyl (C=O) groups is 2. The average molecular weight is 256 g/mol. The molecular formula is C15H16N2O2. The van der Waals surface area contributed by atoms with Crippen LogP contribution in [0.1, 0.15) is 19.4 Å². The first kappa shape index (κ1) is 11.0. The summed E-state index contributed by atoms with van der Waals surface area (Å²) in [7, 11) is 0. The zero-order chi connectivity index (χ0) is 13.4. The van der Waals surface area contributed by atoms with E-state index in [0.717, 1.165) is 24.3 Å². The molecule has 3 aliphatic rings. The Hall–Kier alpha value is -1.84. The molecule has 1 aliphatic carbocycles. The first-order chi connectivity index (χ1) is 9.01. The lowest BCUT2D eigenvalue weighted by atomic mass is 10.0. The number of hydrogen-bond donors (Lipinski definition) is 1. The summed E-state index contributed by atoms with van der Waals surface area (Å²) in [6.07, 6.45) is 0.956. The summed E-state index contributed by atoms with van der Waals surface area (Å²) in [5, 5.41) is 3.28. The Morgan fingerprint density at radius 2 is 1.89 bits per heavy atom. The van der Waals surface area contributed by atoms with Crippen LogP contribution in [-0.2, 0) is 16.0 Å². The molecule has 2 atom stereocenters. The molecule has 2 unspecified atom stereocenters. The van der Waals surface area contributed by atoms with E-state index in [4.69, 9.17) is 0 Å². The highest BCUT2D eigenvalue weighted by molar-refractivity contribution is 6.25. The van der Waals surface area contributed by atoms with Crippen LogP contribution >= 0.6 is 0 Å². The SMILES string of the molecule is CC1(C)C2C(=O)N(c3ccc4c(c3)CCN4)C(=O)C21. The zero-order valence-electron chi connectivity index (χ0n) is 11.1. The first-order valence-corrected chi connectivity index (χ1v) is 6.76. The molecule has 1 aromatic carbocycles. The van der Waals surface area contributed by atoms with Gasteiger partial charge in [-0.2, -0.15) is 0 Å². The van der Waals surface area contributed by atoms with Crippen LogP contribution in [0.15, 0.2) is 18.2 Å². The maximum absolute atomic E-state index is 12.4. The second-order valence-electron chi connectivity index (χ2n) is 6.31. The number of anilines is 2. The van der Waals surface area contributed by atoms with Crippen molar-refractivity contribution in [1.29, 1.82) is 0 Å². The second-order valence-corrected chi connectivity index (χ2v) is 6.31. The number of imide groups is 1. The Morgan fingerprint density at radius 3 is 2.58 bits per heavy atom. The lowest BCUT2D eigenvalue weighted by Crippen LogP contribution is -2.36. The van der Waals surface area contributed by atoms with Gasteiger partial charge in [-0.1, -0.05) is 13.8 Å². The van der Waals surface area contributed by atoms with Crippen LogP contribution in [0.25, 0.3) is 0 Å². The molecule has 2 aliphatic heterocycles. The molecule has 98 valence electrons. The number of nitrogens with one attached hydrogen (secondary N) is 1. The normalized spacial score (nSPS) is 30.1. The predicted octanol–water partition coefficient (Wildman–Crippen LogP) is 1.80. The van der Waals surface area contributed by atoms with Crippen molar-refractivity contribution in [2.75, 3.05) is 16.8 Å². The molecule has 0 bridgehead atoms. The van der Waals surface area contributed by atoms with Gasteiger partial charge in [-0.25, -0.2) is 0 Å². The van der Waals surface area contributed by atoms with Crippen LogP contribution in [0, 0.1) is 17.3 Å². The van der Waals surface area contributed by atoms with E-state index >= 15 is 0 Å². The van der Waals surface area contributed by atoms with Crippen molar-refractivity contribution in [2.24, 2.45) is 17.3 Å². The molecule has 0 radical (unpaired) electrons. The Kier molecular flexibility index (Phi) is 1.85. The van der Waals surface area contributed by atoms with Gasteiger partial charge < -0.3 is 5.32 Å². The van der Waals surface area contributed by atoms with Crippen molar-refractivity contribution in [3.63, 3.8) is 0 Å². The summed E-state index contributed by atoms with van der Waals surface area (Å²) >= 11 is 0. The minimum absolute atomic E-state index is 0.0223. The van der Waals surface area contributed by atoms with Gasteiger partial charge in [-0.3, -0.25) is 14.5 Å². The Balaban J connectivity index is 1.72. The van der Waals surface area contributed by atoms with Gasteiger partial charge in [0.2, 0.25) is 11.8 Å². The Bertz CT molecular complexity index is 597. The number of amides is 2. The zero-order valence-corrected chi connectivity index (χ0v) is 11.1. The smallest absolute Gasteiger partial charge is 0.238 e. The van der Waals surface area contributed by atoms with Crippen molar-refractivity contribution in [3.8, 4) is 0 Å². The van der Waals surface area contributed by atoms with Crippen LogP contribution < -0.4 is 10.2 Å². The maximum Gasteiger partial charge on any atom is 0.238 e. The minimum Gasteiger partial charge on any atom is -0.384 e. The molecule has 1 saturated carbocycles. The number of nitrogens with zero attached hydrogens (tertiary/aromatic N) is 1. The number of carbonyl (C=O) groups excluding carboxylic acids is 2. The van der Waals surface area contributed by atoms with Gasteiger partial charge in [-0.05, 0) is 35.6 Å². The van der Waals surface area contributed by atoms with Crippen molar-refractivity contribution in [2.45, 2.75) is 20.3 Å². The standard InChI is InChI=1S/C15H16N2O2/c1-15(2)11-12(15)14(19)17(13(11)18)9-3-4-10-8(7-9)5-6-16-10/h3-4,7,11-12,16H,5-6H2,1-2H3. The maximum atomic E-state index is 12.4. The highest BCUT2D eigenvalue weighted by Crippen LogP contribution is 2.63. The first-order valence-electron chi connectivity index (χ1n) is 6.76. The third-order valence-corrected chi connectivity index (χ3v) is 4.86. The minimum atomic E-state index is -0.136. The van der Waals surface area contributed by atoms with Gasteiger partial charge in [0.25, 0.3) is 0 Å². The molecule has 2 amide bonds. The quantitative estimate of drug-likeness (QED) is 0.779. The topological polar surface area (TPSA) is 49.4 Å². The van der Waals surface area contributed by atoms with Crippen LogP contribution in [-0.4, -0.2) is 18.4 Å². The highest BCUT2D eigenvalue weighted by atomic mass is 16.2. The van der Waals surface area contributed by atoms with Gasteiger partial charge >= 0.3 is 0 Å². The summed E-state index contributed by atoms with van der Waals surface area (Å²) in [6.45, 7) is 4.93. The fraction of sp³-hybridized carbons (Fsp3) is 0.467. The number of hydrogen-bond acceptors (Lipinski definition) is 3. The van der Waals surface area contributed by atoms with E-state index in [9.17, 15) is 9.59 Å². The monoisotopic (exact) mass is 256 g/mol. The fourth-order valence-corrected chi connectivity index (χ4v) is 3.63. The molecular weight excluding hydrogens is 240 g/mol. The third kappa shape index (κ3) is 1.24. The van der Waals surface area contributed by atoms with E-state index in [2.05, 4.69) is 5.32 Å². The number of benzene rings is 1. The Morgan fingerprint density at radius 1 is 1.21 bits per heavy atom. The molecule has 1 aromatic rings. The molecule has 1 saturated heterocycles. The summed E-state index contributed by atoms with van der Waals surface area (Å²) in [5.74, 6) is -0.255. The van der Waals surface area contributed by atoms with Gasteiger partial charge in [0.05, 0.1) is 17.5 Å². The van der Waals surface area contributed by atoms with Crippen molar-refractivity contribution < 1.29 is 9.59 Å². The van der Waals surface area contributed by atoms with Crippen LogP contribution in [0.5, 0.6) is 0 Å². The van der Waals surface area contributed by atoms with Gasteiger partial charge in [0, 0.05) is 12.2 Å². The summed E-state index contributed by atoms with van der Waals surface area (Å²) < 4.78 is 0. The molecule has 1 N–H and O–H groups in total. The lowest BCUT2D eigenvalue weighted by Gasteiger charge is -2.21. The molecule has 4 rings (SSSR count). The van der Waals surface area contributed by atoms with Gasteiger partial charge in [0.15, 0.2) is 0 Å². The van der Waals surface area contributed by atoms with Gasteiger partial charge in [0.1, 0.15) is 0 Å². The second kappa shape index (κ2) is 3.18. The van der Waals surface area contributed by atoms with E-state index < -0.39 is 0 Å². The third-order valence-electron chi connectivity index (χ3n) is 4.86. The molecule has 2 fully saturated rings. The molecule has 4 heteroatoms. The average Bonchev–Trinajstić information content (AvgIpc) is 2.69. The summed E-state index contributed by atoms with van der Waals surface area (Å²) in [6, 6.07) is 5.81. The number of piperidine rings is 1. The van der Waals surface area contributed by atoms with E-state index in [1.807, 2.05) is 32.0 Å². The van der Waals surface area contributed by atoms with Crippen LogP contribution in [0.2, 0.25) is 0 Å². The molecule has 4 nitrogen and oxygen atoms in total. The Labute approximate surface area is 111 Å². The van der Waals surface area contributed by atoms with Crippen molar-refractivity contribution in [3.05, 3.63) is 23.8 Å². The van der Waals surface area contributed by atoms with Crippen molar-refractivity contribution >= 4 is 23.2 Å². The number of rotatable bonds is 1.